The maximum absolute atomic E-state index is 13.1. The van der Waals surface area contributed by atoms with Crippen LogP contribution < -0.4 is 10.1 Å². The fourth-order valence-electron chi connectivity index (χ4n) is 1.75. The van der Waals surface area contributed by atoms with Crippen molar-refractivity contribution in [3.63, 3.8) is 0 Å². The number of aliphatic hydroxyl groups excluding tert-OH is 1. The first kappa shape index (κ1) is 13.8. The molecule has 0 saturated heterocycles. The van der Waals surface area contributed by atoms with Gasteiger partial charge in [-0.2, -0.15) is 0 Å². The zero-order chi connectivity index (χ0) is 13.8. The van der Waals surface area contributed by atoms with Crippen molar-refractivity contribution >= 4 is 5.91 Å². The minimum absolute atomic E-state index is 0.171. The first-order valence-electron chi connectivity index (χ1n) is 6.43. The van der Waals surface area contributed by atoms with Crippen molar-refractivity contribution < 1.29 is 19.0 Å². The van der Waals surface area contributed by atoms with Gasteiger partial charge in [-0.05, 0) is 37.8 Å². The van der Waals surface area contributed by atoms with Crippen LogP contribution in [0.4, 0.5) is 4.39 Å². The van der Waals surface area contributed by atoms with E-state index in [9.17, 15) is 14.3 Å². The van der Waals surface area contributed by atoms with Crippen molar-refractivity contribution in [1.29, 1.82) is 0 Å². The standard InChI is InChI=1S/C14H18FNO3/c1-9(17)12-5-4-11(15)6-13(12)19-8-14(18)16-7-10-2-3-10/h4-6,9-10,17H,2-3,7-8H2,1H3,(H,16,18)/t9-/m0/s1. The molecule has 1 aromatic carbocycles. The number of benzene rings is 1. The summed E-state index contributed by atoms with van der Waals surface area (Å²) in [6, 6.07) is 3.88. The summed E-state index contributed by atoms with van der Waals surface area (Å²) in [5, 5.41) is 12.3. The predicted octanol–water partition coefficient (Wildman–Crippen LogP) is 1.78. The Kier molecular flexibility index (Phi) is 4.37. The minimum atomic E-state index is -0.773. The van der Waals surface area contributed by atoms with Gasteiger partial charge in [-0.1, -0.05) is 0 Å². The molecule has 1 aliphatic rings. The average Bonchev–Trinajstić information content (AvgIpc) is 3.17. The Hall–Kier alpha value is -1.62. The van der Waals surface area contributed by atoms with E-state index in [1.165, 1.54) is 18.2 Å². The van der Waals surface area contributed by atoms with E-state index in [1.54, 1.807) is 6.92 Å². The molecule has 0 unspecified atom stereocenters. The van der Waals surface area contributed by atoms with Gasteiger partial charge in [0.05, 0.1) is 6.10 Å². The highest BCUT2D eigenvalue weighted by Gasteiger charge is 2.21. The number of aliphatic hydroxyl groups is 1. The molecule has 4 nitrogen and oxygen atoms in total. The van der Waals surface area contributed by atoms with E-state index >= 15 is 0 Å². The zero-order valence-electron chi connectivity index (χ0n) is 10.9. The molecule has 0 aromatic heterocycles. The molecule has 1 aliphatic carbocycles. The summed E-state index contributed by atoms with van der Waals surface area (Å²) in [7, 11) is 0. The quantitative estimate of drug-likeness (QED) is 0.826. The molecule has 1 amide bonds. The monoisotopic (exact) mass is 267 g/mol. The second-order valence-corrected chi connectivity index (χ2v) is 4.89. The van der Waals surface area contributed by atoms with E-state index in [4.69, 9.17) is 4.74 Å². The third-order valence-corrected chi connectivity index (χ3v) is 3.07. The lowest BCUT2D eigenvalue weighted by Crippen LogP contribution is -2.30. The Morgan fingerprint density at radius 2 is 2.32 bits per heavy atom. The van der Waals surface area contributed by atoms with Gasteiger partial charge < -0.3 is 15.2 Å². The maximum atomic E-state index is 13.1. The molecule has 0 radical (unpaired) electrons. The van der Waals surface area contributed by atoms with Crippen LogP contribution in [0.25, 0.3) is 0 Å². The highest BCUT2D eigenvalue weighted by molar-refractivity contribution is 5.77. The molecular formula is C14H18FNO3. The number of carbonyl (C=O) groups is 1. The fourth-order valence-corrected chi connectivity index (χ4v) is 1.75. The van der Waals surface area contributed by atoms with Gasteiger partial charge in [0.2, 0.25) is 0 Å². The van der Waals surface area contributed by atoms with Crippen LogP contribution in [0.1, 0.15) is 31.4 Å². The molecule has 1 aromatic rings. The van der Waals surface area contributed by atoms with Crippen LogP contribution >= 0.6 is 0 Å². The van der Waals surface area contributed by atoms with Gasteiger partial charge >= 0.3 is 0 Å². The van der Waals surface area contributed by atoms with Gasteiger partial charge in [-0.3, -0.25) is 4.79 Å². The van der Waals surface area contributed by atoms with Crippen molar-refractivity contribution in [2.24, 2.45) is 5.92 Å². The minimum Gasteiger partial charge on any atom is -0.483 e. The SMILES string of the molecule is C[C@H](O)c1ccc(F)cc1OCC(=O)NCC1CC1. The predicted molar refractivity (Wildman–Crippen MR) is 68.3 cm³/mol. The zero-order valence-corrected chi connectivity index (χ0v) is 10.9. The molecular weight excluding hydrogens is 249 g/mol. The number of amides is 1. The summed E-state index contributed by atoms with van der Waals surface area (Å²) in [6.07, 6.45) is 1.55. The fraction of sp³-hybridized carbons (Fsp3) is 0.500. The highest BCUT2D eigenvalue weighted by Crippen LogP contribution is 2.28. The average molecular weight is 267 g/mol. The van der Waals surface area contributed by atoms with Gasteiger partial charge in [0.15, 0.2) is 6.61 Å². The molecule has 1 atom stereocenters. The molecule has 104 valence electrons. The van der Waals surface area contributed by atoms with E-state index < -0.39 is 11.9 Å². The Morgan fingerprint density at radius 1 is 1.58 bits per heavy atom. The lowest BCUT2D eigenvalue weighted by molar-refractivity contribution is -0.123. The number of rotatable bonds is 6. The van der Waals surface area contributed by atoms with E-state index in [1.807, 2.05) is 0 Å². The third kappa shape index (κ3) is 4.21. The first-order valence-corrected chi connectivity index (χ1v) is 6.43. The number of nitrogens with one attached hydrogen (secondary N) is 1. The van der Waals surface area contributed by atoms with Crippen LogP contribution in [0.2, 0.25) is 0 Å². The van der Waals surface area contributed by atoms with E-state index in [2.05, 4.69) is 5.32 Å². The van der Waals surface area contributed by atoms with Crippen LogP contribution in [0, 0.1) is 11.7 Å². The molecule has 19 heavy (non-hydrogen) atoms. The lowest BCUT2D eigenvalue weighted by atomic mass is 10.1. The Bertz CT molecular complexity index is 458. The van der Waals surface area contributed by atoms with Gasteiger partial charge in [0.25, 0.3) is 5.91 Å². The lowest BCUT2D eigenvalue weighted by Gasteiger charge is -2.13. The van der Waals surface area contributed by atoms with Gasteiger partial charge in [0.1, 0.15) is 11.6 Å². The number of hydrogen-bond donors (Lipinski definition) is 2. The number of carbonyl (C=O) groups excluding carboxylic acids is 1. The molecule has 5 heteroatoms. The molecule has 1 fully saturated rings. The van der Waals surface area contributed by atoms with Crippen molar-refractivity contribution in [1.82, 2.24) is 5.32 Å². The molecule has 2 rings (SSSR count). The van der Waals surface area contributed by atoms with Crippen molar-refractivity contribution in [2.75, 3.05) is 13.2 Å². The van der Waals surface area contributed by atoms with Gasteiger partial charge in [-0.15, -0.1) is 0 Å². The molecule has 0 aliphatic heterocycles. The Balaban J connectivity index is 1.89. The van der Waals surface area contributed by atoms with Gasteiger partial charge in [-0.25, -0.2) is 4.39 Å². The van der Waals surface area contributed by atoms with E-state index in [-0.39, 0.29) is 18.3 Å². The number of hydrogen-bond acceptors (Lipinski definition) is 3. The first-order chi connectivity index (χ1) is 9.06. The molecule has 1 saturated carbocycles. The largest absolute Gasteiger partial charge is 0.483 e. The summed E-state index contributed by atoms with van der Waals surface area (Å²) in [6.45, 7) is 2.07. The van der Waals surface area contributed by atoms with E-state index in [0.29, 0.717) is 18.0 Å². The normalized spacial score (nSPS) is 15.9. The summed E-state index contributed by atoms with van der Waals surface area (Å²) in [5.74, 6) is 0.119. The smallest absolute Gasteiger partial charge is 0.257 e. The van der Waals surface area contributed by atoms with Crippen LogP contribution in [0.15, 0.2) is 18.2 Å². The summed E-state index contributed by atoms with van der Waals surface area (Å²) < 4.78 is 18.4. The second kappa shape index (κ2) is 6.02. The maximum Gasteiger partial charge on any atom is 0.257 e. The number of ether oxygens (including phenoxy) is 1. The summed E-state index contributed by atoms with van der Waals surface area (Å²) in [5.41, 5.74) is 0.469. The van der Waals surface area contributed by atoms with Crippen molar-refractivity contribution in [3.8, 4) is 5.75 Å². The molecule has 0 bridgehead atoms. The Labute approximate surface area is 111 Å². The van der Waals surface area contributed by atoms with Crippen LogP contribution in [-0.4, -0.2) is 24.2 Å². The summed E-state index contributed by atoms with van der Waals surface area (Å²) in [4.78, 5) is 11.5. The molecule has 0 heterocycles. The van der Waals surface area contributed by atoms with Crippen molar-refractivity contribution in [3.05, 3.63) is 29.6 Å². The molecule has 2 N–H and O–H groups in total. The van der Waals surface area contributed by atoms with Crippen LogP contribution in [-0.2, 0) is 4.79 Å². The van der Waals surface area contributed by atoms with E-state index in [0.717, 1.165) is 12.8 Å². The highest BCUT2D eigenvalue weighted by atomic mass is 19.1. The van der Waals surface area contributed by atoms with Crippen molar-refractivity contribution in [2.45, 2.75) is 25.9 Å². The Morgan fingerprint density at radius 3 is 2.95 bits per heavy atom. The topological polar surface area (TPSA) is 58.6 Å². The van der Waals surface area contributed by atoms with Crippen LogP contribution in [0.5, 0.6) is 5.75 Å². The van der Waals surface area contributed by atoms with Crippen LogP contribution in [0.3, 0.4) is 0 Å². The van der Waals surface area contributed by atoms with Gasteiger partial charge in [0, 0.05) is 18.2 Å². The number of halogens is 1. The summed E-state index contributed by atoms with van der Waals surface area (Å²) >= 11 is 0. The molecule has 0 spiro atoms. The third-order valence-electron chi connectivity index (χ3n) is 3.07. The second-order valence-electron chi connectivity index (χ2n) is 4.89.